The first kappa shape index (κ1) is 21.0. The second-order valence-electron chi connectivity index (χ2n) is 6.22. The molecule has 0 saturated heterocycles. The van der Waals surface area contributed by atoms with Gasteiger partial charge in [0.25, 0.3) is 0 Å². The zero-order chi connectivity index (χ0) is 20.3. The van der Waals surface area contributed by atoms with Gasteiger partial charge in [-0.05, 0) is 35.4 Å². The fraction of sp³-hybridized carbons (Fsp3) is 0.130. The molecule has 0 aliphatic heterocycles. The summed E-state index contributed by atoms with van der Waals surface area (Å²) in [6.07, 6.45) is 1.60. The Kier molecular flexibility index (Phi) is 8.16. The number of thioether (sulfide) groups is 1. The molecule has 0 aromatic heterocycles. The summed E-state index contributed by atoms with van der Waals surface area (Å²) in [4.78, 5) is 12.0. The molecule has 0 unspecified atom stereocenters. The molecule has 0 fully saturated rings. The highest BCUT2D eigenvalue weighted by Gasteiger charge is 2.03. The SMILES string of the molecule is O=C(CSCc1ccc(Cl)cc1)N/N=C/c1ccccc1OCc1ccccc1. The summed E-state index contributed by atoms with van der Waals surface area (Å²) >= 11 is 7.39. The number of rotatable bonds is 9. The second kappa shape index (κ2) is 11.3. The van der Waals surface area contributed by atoms with Crippen LogP contribution in [0.2, 0.25) is 5.02 Å². The molecule has 1 amide bonds. The number of ether oxygens (including phenoxy) is 1. The highest BCUT2D eigenvalue weighted by molar-refractivity contribution is 7.99. The number of hydrogen-bond donors (Lipinski definition) is 1. The number of carbonyl (C=O) groups excluding carboxylic acids is 1. The predicted molar refractivity (Wildman–Crippen MR) is 121 cm³/mol. The second-order valence-corrected chi connectivity index (χ2v) is 7.65. The number of halogens is 1. The van der Waals surface area contributed by atoms with Gasteiger partial charge in [-0.25, -0.2) is 5.43 Å². The van der Waals surface area contributed by atoms with Crippen LogP contribution in [0.4, 0.5) is 0 Å². The standard InChI is InChI=1S/C23H21ClN2O2S/c24-21-12-10-19(11-13-21)16-29-17-23(27)26-25-14-20-8-4-5-9-22(20)28-15-18-6-2-1-3-7-18/h1-14H,15-17H2,(H,26,27)/b25-14+. The Bertz CT molecular complexity index is 947. The van der Waals surface area contributed by atoms with Crippen molar-refractivity contribution in [2.24, 2.45) is 5.10 Å². The van der Waals surface area contributed by atoms with Crippen molar-refractivity contribution in [1.29, 1.82) is 0 Å². The van der Waals surface area contributed by atoms with E-state index in [0.717, 1.165) is 22.4 Å². The number of hydrogen-bond acceptors (Lipinski definition) is 4. The lowest BCUT2D eigenvalue weighted by Crippen LogP contribution is -2.19. The van der Waals surface area contributed by atoms with Gasteiger partial charge in [-0.3, -0.25) is 4.79 Å². The molecule has 0 aliphatic rings. The van der Waals surface area contributed by atoms with Crippen LogP contribution in [0.5, 0.6) is 5.75 Å². The maximum absolute atomic E-state index is 12.0. The molecule has 3 rings (SSSR count). The average molecular weight is 425 g/mol. The average Bonchev–Trinajstić information content (AvgIpc) is 2.75. The maximum Gasteiger partial charge on any atom is 0.250 e. The van der Waals surface area contributed by atoms with Crippen LogP contribution in [0, 0.1) is 0 Å². The Balaban J connectivity index is 1.45. The predicted octanol–water partition coefficient (Wildman–Crippen LogP) is 5.30. The van der Waals surface area contributed by atoms with Gasteiger partial charge in [0.15, 0.2) is 0 Å². The number of para-hydroxylation sites is 1. The maximum atomic E-state index is 12.0. The van der Waals surface area contributed by atoms with E-state index >= 15 is 0 Å². The summed E-state index contributed by atoms with van der Waals surface area (Å²) in [5.74, 6) is 1.63. The molecule has 0 aliphatic carbocycles. The minimum absolute atomic E-state index is 0.150. The van der Waals surface area contributed by atoms with E-state index in [4.69, 9.17) is 16.3 Å². The fourth-order valence-corrected chi connectivity index (χ4v) is 3.41. The van der Waals surface area contributed by atoms with E-state index in [1.165, 1.54) is 11.8 Å². The minimum atomic E-state index is -0.150. The number of hydrazone groups is 1. The lowest BCUT2D eigenvalue weighted by Gasteiger charge is -2.09. The van der Waals surface area contributed by atoms with Crippen molar-refractivity contribution in [1.82, 2.24) is 5.43 Å². The summed E-state index contributed by atoms with van der Waals surface area (Å²) in [5.41, 5.74) is 5.58. The molecule has 6 heteroatoms. The van der Waals surface area contributed by atoms with Gasteiger partial charge >= 0.3 is 0 Å². The van der Waals surface area contributed by atoms with Crippen molar-refractivity contribution in [3.63, 3.8) is 0 Å². The van der Waals surface area contributed by atoms with Gasteiger partial charge < -0.3 is 4.74 Å². The van der Waals surface area contributed by atoms with Gasteiger partial charge in [0.1, 0.15) is 12.4 Å². The van der Waals surface area contributed by atoms with Crippen LogP contribution in [0.15, 0.2) is 84.0 Å². The number of nitrogens with one attached hydrogen (secondary N) is 1. The Morgan fingerprint density at radius 1 is 0.966 bits per heavy atom. The smallest absolute Gasteiger partial charge is 0.250 e. The first-order chi connectivity index (χ1) is 14.2. The van der Waals surface area contributed by atoms with Crippen molar-refractivity contribution in [3.8, 4) is 5.75 Å². The number of benzene rings is 3. The monoisotopic (exact) mass is 424 g/mol. The molecule has 148 valence electrons. The summed E-state index contributed by atoms with van der Waals surface area (Å²) in [5, 5.41) is 4.77. The van der Waals surface area contributed by atoms with Crippen LogP contribution < -0.4 is 10.2 Å². The highest BCUT2D eigenvalue weighted by atomic mass is 35.5. The van der Waals surface area contributed by atoms with Crippen molar-refractivity contribution in [2.45, 2.75) is 12.4 Å². The summed E-state index contributed by atoms with van der Waals surface area (Å²) in [6, 6.07) is 25.1. The molecule has 1 N–H and O–H groups in total. The molecule has 29 heavy (non-hydrogen) atoms. The Morgan fingerprint density at radius 2 is 1.69 bits per heavy atom. The van der Waals surface area contributed by atoms with Gasteiger partial charge in [0.05, 0.1) is 12.0 Å². The zero-order valence-corrected chi connectivity index (χ0v) is 17.3. The summed E-state index contributed by atoms with van der Waals surface area (Å²) < 4.78 is 5.89. The highest BCUT2D eigenvalue weighted by Crippen LogP contribution is 2.18. The molecule has 3 aromatic carbocycles. The van der Waals surface area contributed by atoms with Gasteiger partial charge in [0.2, 0.25) is 5.91 Å². The molecular formula is C23H21ClN2O2S. The van der Waals surface area contributed by atoms with Gasteiger partial charge in [-0.1, -0.05) is 66.2 Å². The van der Waals surface area contributed by atoms with E-state index in [1.807, 2.05) is 78.9 Å². The van der Waals surface area contributed by atoms with Crippen LogP contribution in [0.1, 0.15) is 16.7 Å². The zero-order valence-electron chi connectivity index (χ0n) is 15.8. The lowest BCUT2D eigenvalue weighted by atomic mass is 10.2. The van der Waals surface area contributed by atoms with Crippen LogP contribution in [-0.4, -0.2) is 17.9 Å². The molecule has 0 spiro atoms. The van der Waals surface area contributed by atoms with Crippen LogP contribution in [-0.2, 0) is 17.2 Å². The van der Waals surface area contributed by atoms with Crippen molar-refractivity contribution in [3.05, 3.63) is 101 Å². The first-order valence-electron chi connectivity index (χ1n) is 9.10. The number of nitrogens with zero attached hydrogens (tertiary/aromatic N) is 1. The molecule has 0 atom stereocenters. The Hall–Kier alpha value is -2.76. The summed E-state index contributed by atoms with van der Waals surface area (Å²) in [7, 11) is 0. The number of amides is 1. The largest absolute Gasteiger partial charge is 0.488 e. The van der Waals surface area contributed by atoms with E-state index < -0.39 is 0 Å². The van der Waals surface area contributed by atoms with Gasteiger partial charge in [0, 0.05) is 16.3 Å². The van der Waals surface area contributed by atoms with E-state index in [9.17, 15) is 4.79 Å². The molecule has 3 aromatic rings. The molecular weight excluding hydrogens is 404 g/mol. The topological polar surface area (TPSA) is 50.7 Å². The van der Waals surface area contributed by atoms with Gasteiger partial charge in [-0.15, -0.1) is 11.8 Å². The normalized spacial score (nSPS) is 10.8. The third-order valence-electron chi connectivity index (χ3n) is 3.96. The van der Waals surface area contributed by atoms with Crippen molar-refractivity contribution >= 4 is 35.5 Å². The van der Waals surface area contributed by atoms with Crippen molar-refractivity contribution < 1.29 is 9.53 Å². The van der Waals surface area contributed by atoms with Gasteiger partial charge in [-0.2, -0.15) is 5.10 Å². The van der Waals surface area contributed by atoms with Crippen molar-refractivity contribution in [2.75, 3.05) is 5.75 Å². The van der Waals surface area contributed by atoms with Crippen LogP contribution in [0.3, 0.4) is 0 Å². The van der Waals surface area contributed by atoms with Crippen LogP contribution in [0.25, 0.3) is 0 Å². The Labute approximate surface area is 179 Å². The Morgan fingerprint density at radius 3 is 2.48 bits per heavy atom. The molecule has 0 saturated carbocycles. The molecule has 0 radical (unpaired) electrons. The minimum Gasteiger partial charge on any atom is -0.488 e. The van der Waals surface area contributed by atoms with E-state index in [2.05, 4.69) is 10.5 Å². The quantitative estimate of drug-likeness (QED) is 0.374. The molecule has 0 bridgehead atoms. The fourth-order valence-electron chi connectivity index (χ4n) is 2.50. The lowest BCUT2D eigenvalue weighted by molar-refractivity contribution is -0.118. The van der Waals surface area contributed by atoms with Crippen LogP contribution >= 0.6 is 23.4 Å². The third kappa shape index (κ3) is 7.29. The van der Waals surface area contributed by atoms with E-state index in [1.54, 1.807) is 6.21 Å². The van der Waals surface area contributed by atoms with E-state index in [0.29, 0.717) is 23.1 Å². The third-order valence-corrected chi connectivity index (χ3v) is 5.22. The molecule has 0 heterocycles. The van der Waals surface area contributed by atoms with E-state index in [-0.39, 0.29) is 5.91 Å². The molecule has 4 nitrogen and oxygen atoms in total. The first-order valence-corrected chi connectivity index (χ1v) is 10.6. The number of carbonyl (C=O) groups is 1. The summed E-state index contributed by atoms with van der Waals surface area (Å²) in [6.45, 7) is 0.472.